The average Bonchev–Trinajstić information content (AvgIpc) is 2.91. The minimum Gasteiger partial charge on any atom is -0.342 e. The van der Waals surface area contributed by atoms with Gasteiger partial charge < -0.3 is 9.42 Å². The summed E-state index contributed by atoms with van der Waals surface area (Å²) in [5.74, 6) is 2.17. The van der Waals surface area contributed by atoms with Crippen LogP contribution in [0.5, 0.6) is 0 Å². The third kappa shape index (κ3) is 3.00. The maximum absolute atomic E-state index is 12.1. The van der Waals surface area contributed by atoms with E-state index in [9.17, 15) is 4.79 Å². The zero-order chi connectivity index (χ0) is 16.0. The van der Waals surface area contributed by atoms with E-state index >= 15 is 0 Å². The molecular weight excluding hydrogens is 294 g/mol. The molecule has 7 heteroatoms. The van der Waals surface area contributed by atoms with E-state index in [1.165, 1.54) is 12.8 Å². The summed E-state index contributed by atoms with van der Waals surface area (Å²) < 4.78 is 7.21. The Hall–Kier alpha value is -2.18. The van der Waals surface area contributed by atoms with Crippen molar-refractivity contribution in [3.8, 4) is 0 Å². The SMILES string of the molecule is Cc1cc(C)n(Cc2nc(C3CC(=O)N(CC4CC4)C3)no2)n1. The number of aromatic nitrogens is 4. The highest BCUT2D eigenvalue weighted by Crippen LogP contribution is 2.33. The van der Waals surface area contributed by atoms with E-state index in [4.69, 9.17) is 4.52 Å². The van der Waals surface area contributed by atoms with Gasteiger partial charge >= 0.3 is 0 Å². The third-order valence-corrected chi connectivity index (χ3v) is 4.63. The summed E-state index contributed by atoms with van der Waals surface area (Å²) in [6, 6.07) is 2.02. The molecule has 122 valence electrons. The molecule has 1 unspecified atom stereocenters. The Morgan fingerprint density at radius 3 is 2.87 bits per heavy atom. The normalized spacial score (nSPS) is 21.4. The standard InChI is InChI=1S/C16H21N5O2/c1-10-5-11(2)21(18-10)9-14-17-16(19-23-14)13-6-15(22)20(8-13)7-12-3-4-12/h5,12-13H,3-4,6-9H2,1-2H3. The molecule has 2 aliphatic rings. The summed E-state index contributed by atoms with van der Waals surface area (Å²) in [7, 11) is 0. The van der Waals surface area contributed by atoms with Crippen LogP contribution in [0.25, 0.3) is 0 Å². The molecule has 2 fully saturated rings. The van der Waals surface area contributed by atoms with Gasteiger partial charge in [0.2, 0.25) is 11.8 Å². The molecule has 0 spiro atoms. The lowest BCUT2D eigenvalue weighted by Gasteiger charge is -2.14. The van der Waals surface area contributed by atoms with Crippen LogP contribution >= 0.6 is 0 Å². The molecular formula is C16H21N5O2. The Labute approximate surface area is 134 Å². The Morgan fingerprint density at radius 2 is 2.17 bits per heavy atom. The zero-order valence-corrected chi connectivity index (χ0v) is 13.5. The van der Waals surface area contributed by atoms with Crippen molar-refractivity contribution in [2.45, 2.75) is 45.6 Å². The Kier molecular flexibility index (Phi) is 3.43. The van der Waals surface area contributed by atoms with Crippen LogP contribution in [-0.4, -0.2) is 43.8 Å². The molecule has 0 aromatic carbocycles. The summed E-state index contributed by atoms with van der Waals surface area (Å²) in [6.45, 7) is 6.04. The van der Waals surface area contributed by atoms with Crippen LogP contribution in [0, 0.1) is 19.8 Å². The first kappa shape index (κ1) is 14.4. The quantitative estimate of drug-likeness (QED) is 0.838. The number of carbonyl (C=O) groups is 1. The van der Waals surface area contributed by atoms with Crippen molar-refractivity contribution >= 4 is 5.91 Å². The highest BCUT2D eigenvalue weighted by molar-refractivity contribution is 5.79. The summed E-state index contributed by atoms with van der Waals surface area (Å²) in [5, 5.41) is 8.49. The molecule has 1 aliphatic heterocycles. The minimum atomic E-state index is 0.0548. The largest absolute Gasteiger partial charge is 0.342 e. The van der Waals surface area contributed by atoms with Crippen LogP contribution in [0.15, 0.2) is 10.6 Å². The number of likely N-dealkylation sites (tertiary alicyclic amines) is 1. The molecule has 4 rings (SSSR count). The van der Waals surface area contributed by atoms with E-state index < -0.39 is 0 Å². The number of carbonyl (C=O) groups excluding carboxylic acids is 1. The highest BCUT2D eigenvalue weighted by atomic mass is 16.5. The van der Waals surface area contributed by atoms with E-state index in [1.54, 1.807) is 0 Å². The summed E-state index contributed by atoms with van der Waals surface area (Å²) in [5.41, 5.74) is 2.04. The Bertz CT molecular complexity index is 731. The fourth-order valence-electron chi connectivity index (χ4n) is 3.19. The van der Waals surface area contributed by atoms with E-state index in [-0.39, 0.29) is 11.8 Å². The van der Waals surface area contributed by atoms with Gasteiger partial charge in [-0.25, -0.2) is 0 Å². The van der Waals surface area contributed by atoms with Crippen LogP contribution in [0.1, 0.15) is 48.3 Å². The number of nitrogens with zero attached hydrogens (tertiary/aromatic N) is 5. The van der Waals surface area contributed by atoms with Gasteiger partial charge in [-0.05, 0) is 38.7 Å². The first-order valence-electron chi connectivity index (χ1n) is 8.20. The molecule has 1 amide bonds. The van der Waals surface area contributed by atoms with Gasteiger partial charge in [0.1, 0.15) is 6.54 Å². The number of hydrogen-bond acceptors (Lipinski definition) is 5. The second-order valence-electron chi connectivity index (χ2n) is 6.77. The number of hydrogen-bond donors (Lipinski definition) is 0. The zero-order valence-electron chi connectivity index (χ0n) is 13.5. The van der Waals surface area contributed by atoms with Gasteiger partial charge in [0.15, 0.2) is 5.82 Å². The van der Waals surface area contributed by atoms with Gasteiger partial charge in [0, 0.05) is 31.1 Å². The van der Waals surface area contributed by atoms with Crippen molar-refractivity contribution in [3.63, 3.8) is 0 Å². The Morgan fingerprint density at radius 1 is 1.35 bits per heavy atom. The van der Waals surface area contributed by atoms with Crippen molar-refractivity contribution in [1.82, 2.24) is 24.8 Å². The first-order valence-corrected chi connectivity index (χ1v) is 8.20. The molecule has 0 radical (unpaired) electrons. The molecule has 23 heavy (non-hydrogen) atoms. The maximum atomic E-state index is 12.1. The lowest BCUT2D eigenvalue weighted by atomic mass is 10.1. The number of rotatable bonds is 5. The lowest BCUT2D eigenvalue weighted by molar-refractivity contribution is -0.127. The fourth-order valence-corrected chi connectivity index (χ4v) is 3.19. The first-order chi connectivity index (χ1) is 11.1. The third-order valence-electron chi connectivity index (χ3n) is 4.63. The highest BCUT2D eigenvalue weighted by Gasteiger charge is 2.36. The second-order valence-corrected chi connectivity index (χ2v) is 6.77. The number of aryl methyl sites for hydroxylation is 2. The van der Waals surface area contributed by atoms with Crippen molar-refractivity contribution in [2.75, 3.05) is 13.1 Å². The van der Waals surface area contributed by atoms with Crippen LogP contribution < -0.4 is 0 Å². The second kappa shape index (κ2) is 5.47. The fraction of sp³-hybridized carbons (Fsp3) is 0.625. The Balaban J connectivity index is 1.43. The molecule has 1 aliphatic carbocycles. The minimum absolute atomic E-state index is 0.0548. The summed E-state index contributed by atoms with van der Waals surface area (Å²) in [6.07, 6.45) is 3.00. The van der Waals surface area contributed by atoms with Gasteiger partial charge in [0.05, 0.1) is 5.69 Å². The number of amides is 1. The van der Waals surface area contributed by atoms with E-state index in [1.807, 2.05) is 29.5 Å². The van der Waals surface area contributed by atoms with Gasteiger partial charge in [0.25, 0.3) is 0 Å². The van der Waals surface area contributed by atoms with Gasteiger partial charge in [-0.1, -0.05) is 5.16 Å². The lowest BCUT2D eigenvalue weighted by Crippen LogP contribution is -2.27. The van der Waals surface area contributed by atoms with E-state index in [2.05, 4.69) is 15.2 Å². The van der Waals surface area contributed by atoms with Gasteiger partial charge in [-0.3, -0.25) is 9.48 Å². The predicted molar refractivity (Wildman–Crippen MR) is 81.8 cm³/mol. The molecule has 2 aromatic heterocycles. The predicted octanol–water partition coefficient (Wildman–Crippen LogP) is 1.66. The molecule has 0 bridgehead atoms. The maximum Gasteiger partial charge on any atom is 0.248 e. The molecule has 1 atom stereocenters. The average molecular weight is 315 g/mol. The smallest absolute Gasteiger partial charge is 0.248 e. The van der Waals surface area contributed by atoms with Crippen LogP contribution in [0.2, 0.25) is 0 Å². The molecule has 2 aromatic rings. The van der Waals surface area contributed by atoms with Crippen LogP contribution in [0.3, 0.4) is 0 Å². The van der Waals surface area contributed by atoms with Crippen LogP contribution in [0.4, 0.5) is 0 Å². The summed E-state index contributed by atoms with van der Waals surface area (Å²) >= 11 is 0. The van der Waals surface area contributed by atoms with Gasteiger partial charge in [-0.2, -0.15) is 10.1 Å². The van der Waals surface area contributed by atoms with Crippen molar-refractivity contribution in [1.29, 1.82) is 0 Å². The van der Waals surface area contributed by atoms with Crippen molar-refractivity contribution in [2.24, 2.45) is 5.92 Å². The van der Waals surface area contributed by atoms with E-state index in [0.717, 1.165) is 17.9 Å². The molecule has 7 nitrogen and oxygen atoms in total. The van der Waals surface area contributed by atoms with Crippen LogP contribution in [-0.2, 0) is 11.3 Å². The van der Waals surface area contributed by atoms with Gasteiger partial charge in [-0.15, -0.1) is 0 Å². The molecule has 1 saturated heterocycles. The van der Waals surface area contributed by atoms with Crippen molar-refractivity contribution < 1.29 is 9.32 Å². The topological polar surface area (TPSA) is 77.0 Å². The van der Waals surface area contributed by atoms with E-state index in [0.29, 0.717) is 37.1 Å². The molecule has 3 heterocycles. The van der Waals surface area contributed by atoms with Crippen molar-refractivity contribution in [3.05, 3.63) is 29.2 Å². The monoisotopic (exact) mass is 315 g/mol. The molecule has 1 saturated carbocycles. The molecule has 0 N–H and O–H groups in total. The summed E-state index contributed by atoms with van der Waals surface area (Å²) in [4.78, 5) is 18.5.